The summed E-state index contributed by atoms with van der Waals surface area (Å²) in [7, 11) is 0. The lowest BCUT2D eigenvalue weighted by Crippen LogP contribution is -2.06. The number of fused-ring (bicyclic) bond motifs is 11. The molecule has 208 valence electrons. The van der Waals surface area contributed by atoms with E-state index in [1.807, 2.05) is 12.1 Å². The molecule has 8 aromatic rings. The van der Waals surface area contributed by atoms with Crippen LogP contribution in [0.25, 0.3) is 83.8 Å². The van der Waals surface area contributed by atoms with Crippen LogP contribution in [-0.2, 0) is 0 Å². The van der Waals surface area contributed by atoms with Crippen LogP contribution >= 0.6 is 0 Å². The van der Waals surface area contributed by atoms with Gasteiger partial charge in [0.05, 0.1) is 22.6 Å². The lowest BCUT2D eigenvalue weighted by molar-refractivity contribution is 0.669. The molecular formula is C41H28N2O. The van der Waals surface area contributed by atoms with Crippen LogP contribution in [0.3, 0.4) is 0 Å². The van der Waals surface area contributed by atoms with Crippen LogP contribution in [0.1, 0.15) is 11.1 Å². The largest absolute Gasteiger partial charge is 0.455 e. The maximum Gasteiger partial charge on any atom is 0.149 e. The molecule has 0 N–H and O–H groups in total. The summed E-state index contributed by atoms with van der Waals surface area (Å²) >= 11 is 0. The summed E-state index contributed by atoms with van der Waals surface area (Å²) in [5.41, 5.74) is 15.4. The summed E-state index contributed by atoms with van der Waals surface area (Å²) in [6.07, 6.45) is 0. The molecule has 0 amide bonds. The Bertz CT molecular complexity index is 2400. The van der Waals surface area contributed by atoms with Crippen molar-refractivity contribution in [2.24, 2.45) is 0 Å². The minimum absolute atomic E-state index is 0.851. The van der Waals surface area contributed by atoms with Gasteiger partial charge in [0.15, 0.2) is 0 Å². The molecule has 1 aliphatic carbocycles. The van der Waals surface area contributed by atoms with Crippen LogP contribution in [-0.4, -0.2) is 9.55 Å². The normalized spacial score (nSPS) is 11.9. The lowest BCUT2D eigenvalue weighted by Gasteiger charge is -2.23. The highest BCUT2D eigenvalue weighted by Gasteiger charge is 2.30. The van der Waals surface area contributed by atoms with Gasteiger partial charge >= 0.3 is 0 Å². The minimum Gasteiger partial charge on any atom is -0.455 e. The summed E-state index contributed by atoms with van der Waals surface area (Å²) in [5, 5.41) is 2.20. The summed E-state index contributed by atoms with van der Waals surface area (Å²) < 4.78 is 9.00. The van der Waals surface area contributed by atoms with Gasteiger partial charge in [0, 0.05) is 21.9 Å². The van der Waals surface area contributed by atoms with E-state index in [0.717, 1.165) is 61.5 Å². The smallest absolute Gasteiger partial charge is 0.149 e. The number of aryl methyl sites for hydroxylation is 2. The summed E-state index contributed by atoms with van der Waals surface area (Å²) in [4.78, 5) is 5.62. The maximum absolute atomic E-state index is 6.61. The van der Waals surface area contributed by atoms with E-state index in [1.165, 1.54) is 33.4 Å². The van der Waals surface area contributed by atoms with Crippen molar-refractivity contribution < 1.29 is 4.42 Å². The Morgan fingerprint density at radius 1 is 0.477 bits per heavy atom. The monoisotopic (exact) mass is 564 g/mol. The van der Waals surface area contributed by atoms with Crippen LogP contribution < -0.4 is 0 Å². The zero-order valence-electron chi connectivity index (χ0n) is 24.5. The first kappa shape index (κ1) is 24.9. The number of imidazole rings is 1. The molecule has 0 spiro atoms. The van der Waals surface area contributed by atoms with E-state index in [2.05, 4.69) is 140 Å². The Balaban J connectivity index is 1.50. The first-order valence-corrected chi connectivity index (χ1v) is 15.1. The summed E-state index contributed by atoms with van der Waals surface area (Å²) in [6, 6.07) is 47.4. The fourth-order valence-corrected chi connectivity index (χ4v) is 7.14. The number of furan rings is 1. The standard InChI is InChI=1S/C41H28N2O/c1-25-13-11-14-26(2)38(25)43-39-33-21-8-6-18-30(33)28-16-4-3-15-27(28)29-17-5-7-20-32(29)37(39)42-41(43)35-23-12-22-34-31-19-9-10-24-36(31)44-40(34)35/h3-24H,1-2H3. The Morgan fingerprint density at radius 2 is 0.977 bits per heavy atom. The van der Waals surface area contributed by atoms with Crippen molar-refractivity contribution in [2.75, 3.05) is 0 Å². The predicted octanol–water partition coefficient (Wildman–Crippen LogP) is 11.0. The van der Waals surface area contributed by atoms with Gasteiger partial charge in [0.2, 0.25) is 0 Å². The average Bonchev–Trinajstić information content (AvgIpc) is 3.63. The molecule has 0 atom stereocenters. The molecule has 9 rings (SSSR count). The van der Waals surface area contributed by atoms with Crippen molar-refractivity contribution in [1.29, 1.82) is 0 Å². The van der Waals surface area contributed by atoms with E-state index in [1.54, 1.807) is 0 Å². The molecule has 0 radical (unpaired) electrons. The highest BCUT2D eigenvalue weighted by atomic mass is 16.3. The molecular weight excluding hydrogens is 536 g/mol. The van der Waals surface area contributed by atoms with E-state index in [9.17, 15) is 0 Å². The fraction of sp³-hybridized carbons (Fsp3) is 0.0488. The molecule has 3 heteroatoms. The van der Waals surface area contributed by atoms with Gasteiger partial charge in [-0.15, -0.1) is 0 Å². The number of aromatic nitrogens is 2. The van der Waals surface area contributed by atoms with Gasteiger partial charge in [0.25, 0.3) is 0 Å². The van der Waals surface area contributed by atoms with E-state index < -0.39 is 0 Å². The van der Waals surface area contributed by atoms with E-state index in [4.69, 9.17) is 9.40 Å². The highest BCUT2D eigenvalue weighted by molar-refractivity contribution is 6.10. The molecule has 2 heterocycles. The third-order valence-corrected chi connectivity index (χ3v) is 9.06. The van der Waals surface area contributed by atoms with Crippen molar-refractivity contribution >= 4 is 21.9 Å². The third kappa shape index (κ3) is 3.47. The second-order valence-corrected chi connectivity index (χ2v) is 11.6. The Morgan fingerprint density at radius 3 is 1.68 bits per heavy atom. The lowest BCUT2D eigenvalue weighted by atomic mass is 9.84. The molecule has 0 aliphatic heterocycles. The topological polar surface area (TPSA) is 31.0 Å². The zero-order chi connectivity index (χ0) is 29.4. The fourth-order valence-electron chi connectivity index (χ4n) is 7.14. The van der Waals surface area contributed by atoms with Gasteiger partial charge in [-0.1, -0.05) is 121 Å². The Labute approximate surface area is 255 Å². The molecule has 3 nitrogen and oxygen atoms in total. The molecule has 44 heavy (non-hydrogen) atoms. The third-order valence-electron chi connectivity index (χ3n) is 9.06. The van der Waals surface area contributed by atoms with Gasteiger partial charge < -0.3 is 4.42 Å². The number of hydrogen-bond donors (Lipinski definition) is 0. The molecule has 0 bridgehead atoms. The van der Waals surface area contributed by atoms with E-state index >= 15 is 0 Å². The van der Waals surface area contributed by atoms with Crippen molar-refractivity contribution in [3.63, 3.8) is 0 Å². The molecule has 0 saturated heterocycles. The van der Waals surface area contributed by atoms with Crippen molar-refractivity contribution in [2.45, 2.75) is 13.8 Å². The first-order chi connectivity index (χ1) is 21.7. The first-order valence-electron chi connectivity index (χ1n) is 15.1. The van der Waals surface area contributed by atoms with Crippen molar-refractivity contribution in [3.8, 4) is 61.8 Å². The second kappa shape index (κ2) is 9.42. The zero-order valence-corrected chi connectivity index (χ0v) is 24.5. The minimum atomic E-state index is 0.851. The summed E-state index contributed by atoms with van der Waals surface area (Å²) in [5.74, 6) is 0.868. The van der Waals surface area contributed by atoms with E-state index in [0.29, 0.717) is 0 Å². The molecule has 6 aromatic carbocycles. The molecule has 0 fully saturated rings. The molecule has 1 aliphatic rings. The number of benzene rings is 6. The number of para-hydroxylation sites is 3. The Kier molecular flexibility index (Phi) is 5.33. The van der Waals surface area contributed by atoms with Crippen LogP contribution in [0.4, 0.5) is 0 Å². The van der Waals surface area contributed by atoms with Crippen molar-refractivity contribution in [3.05, 3.63) is 145 Å². The SMILES string of the molecule is Cc1cccc(C)c1-n1c(-c2cccc3c2oc2ccccc23)nc2c1-c1ccccc1-c1ccccc1-c1ccccc1-2. The summed E-state index contributed by atoms with van der Waals surface area (Å²) in [6.45, 7) is 4.39. The van der Waals surface area contributed by atoms with E-state index in [-0.39, 0.29) is 0 Å². The van der Waals surface area contributed by atoms with Gasteiger partial charge in [-0.2, -0.15) is 0 Å². The number of rotatable bonds is 2. The number of nitrogens with zero attached hydrogens (tertiary/aromatic N) is 2. The van der Waals surface area contributed by atoms with Gasteiger partial charge in [-0.25, -0.2) is 4.98 Å². The van der Waals surface area contributed by atoms with Crippen LogP contribution in [0, 0.1) is 13.8 Å². The molecule has 2 aromatic heterocycles. The van der Waals surface area contributed by atoms with Gasteiger partial charge in [-0.3, -0.25) is 4.57 Å². The highest BCUT2D eigenvalue weighted by Crippen LogP contribution is 2.50. The quantitative estimate of drug-likeness (QED) is 0.209. The molecule has 0 saturated carbocycles. The molecule has 0 unspecified atom stereocenters. The Hall–Kier alpha value is -5.67. The van der Waals surface area contributed by atoms with Crippen LogP contribution in [0.2, 0.25) is 0 Å². The maximum atomic E-state index is 6.61. The average molecular weight is 565 g/mol. The van der Waals surface area contributed by atoms with Crippen LogP contribution in [0.15, 0.2) is 138 Å². The van der Waals surface area contributed by atoms with Gasteiger partial charge in [0.1, 0.15) is 17.0 Å². The van der Waals surface area contributed by atoms with Crippen LogP contribution in [0.5, 0.6) is 0 Å². The predicted molar refractivity (Wildman–Crippen MR) is 181 cm³/mol. The number of hydrogen-bond acceptors (Lipinski definition) is 2. The second-order valence-electron chi connectivity index (χ2n) is 11.6. The van der Waals surface area contributed by atoms with Crippen molar-refractivity contribution in [1.82, 2.24) is 9.55 Å². The van der Waals surface area contributed by atoms with Gasteiger partial charge in [-0.05, 0) is 59.4 Å².